The summed E-state index contributed by atoms with van der Waals surface area (Å²) in [4.78, 5) is 26.6. The van der Waals surface area contributed by atoms with Crippen LogP contribution >= 0.6 is 0 Å². The number of piperidine rings is 1. The minimum Gasteiger partial charge on any atom is -0.350 e. The molecule has 0 aromatic heterocycles. The van der Waals surface area contributed by atoms with Gasteiger partial charge in [0.2, 0.25) is 5.91 Å². The Morgan fingerprint density at radius 2 is 1.63 bits per heavy atom. The number of rotatable bonds is 7. The van der Waals surface area contributed by atoms with Gasteiger partial charge in [-0.25, -0.2) is 8.78 Å². The van der Waals surface area contributed by atoms with Crippen LogP contribution in [0.5, 0.6) is 0 Å². The van der Waals surface area contributed by atoms with Gasteiger partial charge in [-0.3, -0.25) is 14.5 Å². The van der Waals surface area contributed by atoms with Gasteiger partial charge in [0.1, 0.15) is 11.6 Å². The third-order valence-corrected chi connectivity index (χ3v) is 5.40. The molecule has 1 aliphatic rings. The van der Waals surface area contributed by atoms with Crippen LogP contribution in [0.2, 0.25) is 0 Å². The number of benzene rings is 2. The second kappa shape index (κ2) is 10.3. The first-order valence-corrected chi connectivity index (χ1v) is 10.2. The van der Waals surface area contributed by atoms with Crippen LogP contribution in [-0.2, 0) is 17.9 Å². The number of nitrogens with one attached hydrogen (secondary N) is 2. The molecule has 0 bridgehead atoms. The quantitative estimate of drug-likeness (QED) is 0.730. The van der Waals surface area contributed by atoms with E-state index in [4.69, 9.17) is 0 Å². The highest BCUT2D eigenvalue weighted by Gasteiger charge is 2.17. The zero-order valence-electron chi connectivity index (χ0n) is 17.1. The van der Waals surface area contributed by atoms with E-state index in [0.29, 0.717) is 12.6 Å². The largest absolute Gasteiger partial charge is 0.350 e. The van der Waals surface area contributed by atoms with Gasteiger partial charge in [0.15, 0.2) is 0 Å². The average molecular weight is 415 g/mol. The summed E-state index contributed by atoms with van der Waals surface area (Å²) in [5.74, 6) is -1.99. The molecule has 1 heterocycles. The number of carbonyl (C=O) groups is 2. The van der Waals surface area contributed by atoms with Crippen LogP contribution in [0.15, 0.2) is 42.5 Å². The van der Waals surface area contributed by atoms with E-state index in [1.54, 1.807) is 0 Å². The summed E-state index contributed by atoms with van der Waals surface area (Å²) in [5, 5.41) is 5.17. The lowest BCUT2D eigenvalue weighted by atomic mass is 9.98. The van der Waals surface area contributed by atoms with Gasteiger partial charge < -0.3 is 10.6 Å². The molecule has 2 amide bonds. The van der Waals surface area contributed by atoms with Crippen LogP contribution in [0.4, 0.5) is 8.78 Å². The Hall–Kier alpha value is -2.80. The Balaban J connectivity index is 1.49. The van der Waals surface area contributed by atoms with Gasteiger partial charge in [0.25, 0.3) is 5.91 Å². The molecule has 2 aromatic rings. The van der Waals surface area contributed by atoms with Gasteiger partial charge in [-0.2, -0.15) is 0 Å². The Kier molecular flexibility index (Phi) is 7.52. The lowest BCUT2D eigenvalue weighted by molar-refractivity contribution is -0.120. The van der Waals surface area contributed by atoms with E-state index in [-0.39, 0.29) is 18.0 Å². The summed E-state index contributed by atoms with van der Waals surface area (Å²) < 4.78 is 26.4. The topological polar surface area (TPSA) is 61.4 Å². The summed E-state index contributed by atoms with van der Waals surface area (Å²) >= 11 is 0. The molecule has 1 aliphatic heterocycles. The fourth-order valence-electron chi connectivity index (χ4n) is 3.55. The highest BCUT2D eigenvalue weighted by atomic mass is 19.1. The van der Waals surface area contributed by atoms with Gasteiger partial charge in [-0.15, -0.1) is 0 Å². The minimum atomic E-state index is -0.843. The van der Waals surface area contributed by atoms with Gasteiger partial charge in [0, 0.05) is 24.7 Å². The summed E-state index contributed by atoms with van der Waals surface area (Å²) in [6.45, 7) is 5.36. The number of amides is 2. The van der Waals surface area contributed by atoms with Crippen LogP contribution in [0.25, 0.3) is 0 Å². The number of nitrogens with zero attached hydrogens (tertiary/aromatic N) is 1. The van der Waals surface area contributed by atoms with Gasteiger partial charge in [-0.05, 0) is 55.1 Å². The van der Waals surface area contributed by atoms with E-state index in [1.807, 2.05) is 18.2 Å². The maximum atomic E-state index is 13.2. The predicted octanol–water partition coefficient (Wildman–Crippen LogP) is 3.24. The summed E-state index contributed by atoms with van der Waals surface area (Å²) in [5.41, 5.74) is 2.04. The molecular formula is C23H27F2N3O2. The third-order valence-electron chi connectivity index (χ3n) is 5.40. The number of likely N-dealkylation sites (tertiary alicyclic amines) is 1. The first-order valence-electron chi connectivity index (χ1n) is 10.2. The summed E-state index contributed by atoms with van der Waals surface area (Å²) in [7, 11) is 0. The van der Waals surface area contributed by atoms with Crippen molar-refractivity contribution in [1.29, 1.82) is 0 Å². The molecular weight excluding hydrogens is 388 g/mol. The van der Waals surface area contributed by atoms with E-state index in [1.165, 1.54) is 18.4 Å². The van der Waals surface area contributed by atoms with Crippen molar-refractivity contribution in [2.45, 2.75) is 32.9 Å². The van der Waals surface area contributed by atoms with E-state index in [2.05, 4.69) is 28.5 Å². The smallest absolute Gasteiger partial charge is 0.251 e. The van der Waals surface area contributed by atoms with Gasteiger partial charge >= 0.3 is 0 Å². The zero-order chi connectivity index (χ0) is 21.5. The van der Waals surface area contributed by atoms with Crippen LogP contribution in [0.1, 0.15) is 41.3 Å². The van der Waals surface area contributed by atoms with Crippen molar-refractivity contribution in [3.8, 4) is 0 Å². The highest BCUT2D eigenvalue weighted by molar-refractivity contribution is 5.96. The first-order chi connectivity index (χ1) is 14.4. The molecule has 0 saturated carbocycles. The SMILES string of the molecule is CC1CCN(Cc2ccccc2CNC(=O)CNC(=O)c2cc(F)cc(F)c2)CC1. The maximum Gasteiger partial charge on any atom is 0.251 e. The molecule has 0 aliphatic carbocycles. The monoisotopic (exact) mass is 415 g/mol. The molecule has 160 valence electrons. The number of halogens is 2. The molecule has 3 rings (SSSR count). The van der Waals surface area contributed by atoms with E-state index in [0.717, 1.165) is 43.2 Å². The zero-order valence-corrected chi connectivity index (χ0v) is 17.1. The van der Waals surface area contributed by atoms with Crippen molar-refractivity contribution in [3.63, 3.8) is 0 Å². The van der Waals surface area contributed by atoms with Crippen LogP contribution in [-0.4, -0.2) is 36.3 Å². The van der Waals surface area contributed by atoms with Crippen molar-refractivity contribution in [1.82, 2.24) is 15.5 Å². The molecule has 0 unspecified atom stereocenters. The second-order valence-corrected chi connectivity index (χ2v) is 7.84. The fourth-order valence-corrected chi connectivity index (χ4v) is 3.55. The highest BCUT2D eigenvalue weighted by Crippen LogP contribution is 2.19. The minimum absolute atomic E-state index is 0.165. The Morgan fingerprint density at radius 3 is 2.30 bits per heavy atom. The molecule has 5 nitrogen and oxygen atoms in total. The van der Waals surface area contributed by atoms with Crippen molar-refractivity contribution in [2.75, 3.05) is 19.6 Å². The number of carbonyl (C=O) groups excluding carboxylic acids is 2. The van der Waals surface area contributed by atoms with Gasteiger partial charge in [-0.1, -0.05) is 31.2 Å². The molecule has 1 fully saturated rings. The molecule has 0 atom stereocenters. The van der Waals surface area contributed by atoms with E-state index < -0.39 is 17.5 Å². The van der Waals surface area contributed by atoms with Crippen molar-refractivity contribution < 1.29 is 18.4 Å². The molecule has 7 heteroatoms. The Labute approximate surface area is 175 Å². The Bertz CT molecular complexity index is 876. The van der Waals surface area contributed by atoms with E-state index >= 15 is 0 Å². The van der Waals surface area contributed by atoms with Gasteiger partial charge in [0.05, 0.1) is 6.54 Å². The Morgan fingerprint density at radius 1 is 1.00 bits per heavy atom. The van der Waals surface area contributed by atoms with Crippen molar-refractivity contribution in [2.24, 2.45) is 5.92 Å². The average Bonchev–Trinajstić information content (AvgIpc) is 2.72. The summed E-state index contributed by atoms with van der Waals surface area (Å²) in [6.07, 6.45) is 2.40. The molecule has 0 spiro atoms. The molecule has 2 N–H and O–H groups in total. The van der Waals surface area contributed by atoms with Crippen LogP contribution < -0.4 is 10.6 Å². The van der Waals surface area contributed by atoms with Crippen LogP contribution in [0.3, 0.4) is 0 Å². The third kappa shape index (κ3) is 6.35. The number of hydrogen-bond acceptors (Lipinski definition) is 3. The van der Waals surface area contributed by atoms with Crippen molar-refractivity contribution >= 4 is 11.8 Å². The molecule has 1 saturated heterocycles. The standard InChI is InChI=1S/C23H27F2N3O2/c1-16-6-8-28(9-7-16)15-18-5-3-2-4-17(18)13-26-22(29)14-27-23(30)19-10-20(24)12-21(25)11-19/h2-5,10-12,16H,6-9,13-15H2,1H3,(H,26,29)(H,27,30). The lowest BCUT2D eigenvalue weighted by Crippen LogP contribution is -2.37. The normalized spacial score (nSPS) is 15.0. The first kappa shape index (κ1) is 21.9. The second-order valence-electron chi connectivity index (χ2n) is 7.84. The predicted molar refractivity (Wildman–Crippen MR) is 111 cm³/mol. The fraction of sp³-hybridized carbons (Fsp3) is 0.391. The maximum absolute atomic E-state index is 13.2. The van der Waals surface area contributed by atoms with Crippen LogP contribution in [0, 0.1) is 17.6 Å². The van der Waals surface area contributed by atoms with Crippen molar-refractivity contribution in [3.05, 3.63) is 70.8 Å². The summed E-state index contributed by atoms with van der Waals surface area (Å²) in [6, 6.07) is 10.5. The van der Waals surface area contributed by atoms with E-state index in [9.17, 15) is 18.4 Å². The molecule has 30 heavy (non-hydrogen) atoms. The lowest BCUT2D eigenvalue weighted by Gasteiger charge is -2.30. The number of hydrogen-bond donors (Lipinski definition) is 2. The molecule has 2 aromatic carbocycles. The molecule has 0 radical (unpaired) electrons.